The summed E-state index contributed by atoms with van der Waals surface area (Å²) in [6.45, 7) is 0. The van der Waals surface area contributed by atoms with Crippen LogP contribution in [0.4, 0.5) is 0 Å². The van der Waals surface area contributed by atoms with Crippen LogP contribution in [0.2, 0.25) is 0 Å². The van der Waals surface area contributed by atoms with Crippen molar-refractivity contribution in [3.05, 3.63) is 114 Å². The van der Waals surface area contributed by atoms with Crippen molar-refractivity contribution in [2.75, 3.05) is 0 Å². The molecule has 2 atom stereocenters. The molecule has 1 aliphatic rings. The van der Waals surface area contributed by atoms with Gasteiger partial charge in [0.25, 0.3) is 0 Å². The van der Waals surface area contributed by atoms with Crippen LogP contribution in [0.5, 0.6) is 0 Å². The molecule has 0 radical (unpaired) electrons. The summed E-state index contributed by atoms with van der Waals surface area (Å²) in [6, 6.07) is 30.4. The van der Waals surface area contributed by atoms with Crippen LogP contribution < -0.4 is 0 Å². The van der Waals surface area contributed by atoms with E-state index in [9.17, 15) is 4.79 Å². The Hall–Kier alpha value is -2.93. The van der Waals surface area contributed by atoms with E-state index < -0.39 is 0 Å². The number of benzene rings is 3. The molecular formula is C24H20O. The molecule has 3 aromatic carbocycles. The zero-order valence-corrected chi connectivity index (χ0v) is 14.0. The Morgan fingerprint density at radius 1 is 0.720 bits per heavy atom. The third kappa shape index (κ3) is 3.18. The summed E-state index contributed by atoms with van der Waals surface area (Å²) >= 11 is 0. The summed E-state index contributed by atoms with van der Waals surface area (Å²) in [6.07, 6.45) is 3.08. The van der Waals surface area contributed by atoms with Crippen LogP contribution in [0.1, 0.15) is 33.8 Å². The number of hydrogen-bond acceptors (Lipinski definition) is 1. The second-order valence-corrected chi connectivity index (χ2v) is 6.54. The van der Waals surface area contributed by atoms with Crippen molar-refractivity contribution >= 4 is 11.4 Å². The van der Waals surface area contributed by atoms with Gasteiger partial charge in [0.05, 0.1) is 0 Å². The first-order valence-corrected chi connectivity index (χ1v) is 8.73. The molecule has 122 valence electrons. The second-order valence-electron chi connectivity index (χ2n) is 6.54. The quantitative estimate of drug-likeness (QED) is 0.558. The van der Waals surface area contributed by atoms with Gasteiger partial charge in [-0.05, 0) is 23.1 Å². The Balaban J connectivity index is 1.72. The monoisotopic (exact) mass is 324 g/mol. The standard InChI is InChI=1S/C24H20O/c25-24(20-14-8-3-9-15-20)23-17-21(18-10-4-1-5-11-18)16-22(23)19-12-6-2-7-13-19/h1-16,22-23H,17H2/t22-,23+/m1/s1. The molecule has 25 heavy (non-hydrogen) atoms. The van der Waals surface area contributed by atoms with Gasteiger partial charge < -0.3 is 0 Å². The second kappa shape index (κ2) is 6.90. The zero-order valence-electron chi connectivity index (χ0n) is 14.0. The third-order valence-corrected chi connectivity index (χ3v) is 4.98. The van der Waals surface area contributed by atoms with Gasteiger partial charge in [-0.2, -0.15) is 0 Å². The lowest BCUT2D eigenvalue weighted by Gasteiger charge is -2.18. The maximum atomic E-state index is 13.2. The molecule has 0 saturated carbocycles. The first kappa shape index (κ1) is 15.6. The van der Waals surface area contributed by atoms with Crippen LogP contribution in [0.3, 0.4) is 0 Å². The highest BCUT2D eigenvalue weighted by Crippen LogP contribution is 2.43. The lowest BCUT2D eigenvalue weighted by molar-refractivity contribution is 0.0917. The SMILES string of the molecule is O=C(c1ccccc1)[C@H]1CC(c2ccccc2)=C[C@@H]1c1ccccc1. The van der Waals surface area contributed by atoms with Crippen molar-refractivity contribution in [3.8, 4) is 0 Å². The maximum Gasteiger partial charge on any atom is 0.167 e. The van der Waals surface area contributed by atoms with Crippen LogP contribution >= 0.6 is 0 Å². The Morgan fingerprint density at radius 3 is 1.92 bits per heavy atom. The number of carbonyl (C=O) groups is 1. The van der Waals surface area contributed by atoms with E-state index in [1.807, 2.05) is 54.6 Å². The van der Waals surface area contributed by atoms with Crippen LogP contribution in [0, 0.1) is 5.92 Å². The molecule has 0 aromatic heterocycles. The smallest absolute Gasteiger partial charge is 0.167 e. The number of ketones is 1. The molecular weight excluding hydrogens is 304 g/mol. The van der Waals surface area contributed by atoms with Gasteiger partial charge in [-0.1, -0.05) is 97.1 Å². The van der Waals surface area contributed by atoms with Gasteiger partial charge in [-0.25, -0.2) is 0 Å². The first-order chi connectivity index (χ1) is 12.3. The van der Waals surface area contributed by atoms with Gasteiger partial charge in [0.2, 0.25) is 0 Å². The molecule has 0 saturated heterocycles. The lowest BCUT2D eigenvalue weighted by Crippen LogP contribution is -2.18. The van der Waals surface area contributed by atoms with E-state index in [2.05, 4.69) is 42.5 Å². The fourth-order valence-electron chi connectivity index (χ4n) is 3.71. The van der Waals surface area contributed by atoms with E-state index in [0.717, 1.165) is 12.0 Å². The molecule has 0 aliphatic heterocycles. The van der Waals surface area contributed by atoms with Gasteiger partial charge in [0.1, 0.15) is 0 Å². The number of hydrogen-bond donors (Lipinski definition) is 0. The molecule has 1 aliphatic carbocycles. The molecule has 1 nitrogen and oxygen atoms in total. The van der Waals surface area contributed by atoms with E-state index in [1.165, 1.54) is 16.7 Å². The van der Waals surface area contributed by atoms with Gasteiger partial charge in [-0.3, -0.25) is 4.79 Å². The summed E-state index contributed by atoms with van der Waals surface area (Å²) in [4.78, 5) is 13.2. The minimum absolute atomic E-state index is 0.0417. The topological polar surface area (TPSA) is 17.1 Å². The van der Waals surface area contributed by atoms with Crippen molar-refractivity contribution in [2.45, 2.75) is 12.3 Å². The summed E-state index contributed by atoms with van der Waals surface area (Å²) < 4.78 is 0. The van der Waals surface area contributed by atoms with E-state index >= 15 is 0 Å². The van der Waals surface area contributed by atoms with E-state index in [1.54, 1.807) is 0 Å². The van der Waals surface area contributed by atoms with Gasteiger partial charge >= 0.3 is 0 Å². The Bertz CT molecular complexity index is 879. The minimum Gasteiger partial charge on any atom is -0.294 e. The fourth-order valence-corrected chi connectivity index (χ4v) is 3.71. The van der Waals surface area contributed by atoms with Crippen molar-refractivity contribution in [2.24, 2.45) is 5.92 Å². The molecule has 0 bridgehead atoms. The van der Waals surface area contributed by atoms with E-state index in [-0.39, 0.29) is 17.6 Å². The molecule has 3 aromatic rings. The number of rotatable bonds is 4. The van der Waals surface area contributed by atoms with Crippen molar-refractivity contribution in [3.63, 3.8) is 0 Å². The largest absolute Gasteiger partial charge is 0.294 e. The highest BCUT2D eigenvalue weighted by atomic mass is 16.1. The van der Waals surface area contributed by atoms with Crippen molar-refractivity contribution < 1.29 is 4.79 Å². The fraction of sp³-hybridized carbons (Fsp3) is 0.125. The lowest BCUT2D eigenvalue weighted by atomic mass is 9.83. The maximum absolute atomic E-state index is 13.2. The van der Waals surface area contributed by atoms with Gasteiger partial charge in [0, 0.05) is 17.4 Å². The Kier molecular flexibility index (Phi) is 4.30. The Morgan fingerprint density at radius 2 is 1.28 bits per heavy atom. The summed E-state index contributed by atoms with van der Waals surface area (Å²) in [5.74, 6) is 0.320. The van der Waals surface area contributed by atoms with Gasteiger partial charge in [0.15, 0.2) is 5.78 Å². The normalized spacial score (nSPS) is 19.4. The van der Waals surface area contributed by atoms with Crippen LogP contribution in [-0.4, -0.2) is 5.78 Å². The Labute approximate surface area is 148 Å². The molecule has 4 rings (SSSR count). The van der Waals surface area contributed by atoms with Gasteiger partial charge in [-0.15, -0.1) is 0 Å². The average Bonchev–Trinajstić information content (AvgIpc) is 3.15. The van der Waals surface area contributed by atoms with Crippen molar-refractivity contribution in [1.29, 1.82) is 0 Å². The molecule has 0 fully saturated rings. The number of carbonyl (C=O) groups excluding carboxylic acids is 1. The highest BCUT2D eigenvalue weighted by Gasteiger charge is 2.34. The third-order valence-electron chi connectivity index (χ3n) is 4.98. The first-order valence-electron chi connectivity index (χ1n) is 8.73. The molecule has 0 N–H and O–H groups in total. The summed E-state index contributed by atoms with van der Waals surface area (Å²) in [5.41, 5.74) is 4.49. The summed E-state index contributed by atoms with van der Waals surface area (Å²) in [7, 11) is 0. The highest BCUT2D eigenvalue weighted by molar-refractivity contribution is 6.00. The average molecular weight is 324 g/mol. The number of Topliss-reactive ketones (excluding diaryl/α,β-unsaturated/α-hetero) is 1. The molecule has 0 amide bonds. The summed E-state index contributed by atoms with van der Waals surface area (Å²) in [5, 5.41) is 0. The van der Waals surface area contributed by atoms with Crippen molar-refractivity contribution in [1.82, 2.24) is 0 Å². The predicted molar refractivity (Wildman–Crippen MR) is 102 cm³/mol. The molecule has 0 unspecified atom stereocenters. The number of allylic oxidation sites excluding steroid dienone is 2. The molecule has 1 heteroatoms. The molecule has 0 heterocycles. The van der Waals surface area contributed by atoms with Crippen LogP contribution in [-0.2, 0) is 0 Å². The molecule has 0 spiro atoms. The zero-order chi connectivity index (χ0) is 17.1. The van der Waals surface area contributed by atoms with Crippen LogP contribution in [0.25, 0.3) is 5.57 Å². The van der Waals surface area contributed by atoms with Crippen LogP contribution in [0.15, 0.2) is 97.1 Å². The predicted octanol–water partition coefficient (Wildman–Crippen LogP) is 5.76. The minimum atomic E-state index is -0.0417. The van der Waals surface area contributed by atoms with E-state index in [0.29, 0.717) is 0 Å². The van der Waals surface area contributed by atoms with E-state index in [4.69, 9.17) is 0 Å².